The van der Waals surface area contributed by atoms with Crippen LogP contribution in [-0.2, 0) is 0 Å². The van der Waals surface area contributed by atoms with Gasteiger partial charge in [0, 0.05) is 23.5 Å². The van der Waals surface area contributed by atoms with Crippen molar-refractivity contribution in [1.82, 2.24) is 4.90 Å². The lowest BCUT2D eigenvalue weighted by atomic mass is 10.0. The zero-order valence-electron chi connectivity index (χ0n) is 12.1. The molecule has 2 rings (SSSR count). The van der Waals surface area contributed by atoms with E-state index in [-0.39, 0.29) is 6.04 Å². The molecular formula is C15H25BrN2S. The first-order chi connectivity index (χ1) is 9.02. The van der Waals surface area contributed by atoms with Gasteiger partial charge in [0.25, 0.3) is 0 Å². The minimum Gasteiger partial charge on any atom is -0.326 e. The van der Waals surface area contributed by atoms with E-state index in [4.69, 9.17) is 5.73 Å². The van der Waals surface area contributed by atoms with Gasteiger partial charge in [0.1, 0.15) is 0 Å². The van der Waals surface area contributed by atoms with Crippen LogP contribution in [0.25, 0.3) is 0 Å². The van der Waals surface area contributed by atoms with Gasteiger partial charge in [0.2, 0.25) is 0 Å². The molecule has 4 heteroatoms. The van der Waals surface area contributed by atoms with Crippen molar-refractivity contribution in [1.29, 1.82) is 0 Å². The summed E-state index contributed by atoms with van der Waals surface area (Å²) in [6, 6.07) is 5.76. The quantitative estimate of drug-likeness (QED) is 0.793. The molecule has 1 saturated carbocycles. The number of halogens is 1. The van der Waals surface area contributed by atoms with E-state index in [2.05, 4.69) is 53.7 Å². The van der Waals surface area contributed by atoms with Crippen molar-refractivity contribution in [3.05, 3.63) is 20.8 Å². The van der Waals surface area contributed by atoms with E-state index < -0.39 is 0 Å². The fraction of sp³-hybridized carbons (Fsp3) is 0.733. The van der Waals surface area contributed by atoms with E-state index in [9.17, 15) is 0 Å². The summed E-state index contributed by atoms with van der Waals surface area (Å²) in [6.07, 6.45) is 3.71. The van der Waals surface area contributed by atoms with Crippen LogP contribution in [0.3, 0.4) is 0 Å². The number of nitrogens with zero attached hydrogens (tertiary/aromatic N) is 1. The molecule has 1 aliphatic rings. The Bertz CT molecular complexity index is 401. The van der Waals surface area contributed by atoms with Gasteiger partial charge in [-0.05, 0) is 53.2 Å². The summed E-state index contributed by atoms with van der Waals surface area (Å²) in [5.74, 6) is 0.690. The molecule has 0 bridgehead atoms. The van der Waals surface area contributed by atoms with Gasteiger partial charge in [0.15, 0.2) is 0 Å². The second kappa shape index (κ2) is 6.70. The van der Waals surface area contributed by atoms with Crippen molar-refractivity contribution in [3.8, 4) is 0 Å². The highest BCUT2D eigenvalue weighted by molar-refractivity contribution is 9.11. The smallest absolute Gasteiger partial charge is 0.0702 e. The van der Waals surface area contributed by atoms with Crippen LogP contribution in [0.2, 0.25) is 0 Å². The predicted molar refractivity (Wildman–Crippen MR) is 87.6 cm³/mol. The summed E-state index contributed by atoms with van der Waals surface area (Å²) in [4.78, 5) is 4.07. The fourth-order valence-electron chi connectivity index (χ4n) is 2.65. The van der Waals surface area contributed by atoms with Gasteiger partial charge in [-0.3, -0.25) is 4.90 Å². The standard InChI is InChI=1S/C15H25BrN2S/c1-4-12(17)15(13-7-8-14(16)19-13)18(9-10(2)3)11-5-6-11/h7-8,10-12,15H,4-6,9,17H2,1-3H3. The Kier molecular flexibility index (Phi) is 5.46. The minimum absolute atomic E-state index is 0.227. The Morgan fingerprint density at radius 3 is 2.53 bits per heavy atom. The SMILES string of the molecule is CCC(N)C(c1ccc(Br)s1)N(CC(C)C)C1CC1. The lowest BCUT2D eigenvalue weighted by molar-refractivity contribution is 0.144. The van der Waals surface area contributed by atoms with Crippen molar-refractivity contribution < 1.29 is 0 Å². The zero-order chi connectivity index (χ0) is 14.0. The molecule has 0 spiro atoms. The van der Waals surface area contributed by atoms with E-state index in [1.165, 1.54) is 21.5 Å². The Hall–Kier alpha value is 0.1000. The fourth-order valence-corrected chi connectivity index (χ4v) is 4.27. The van der Waals surface area contributed by atoms with Crippen LogP contribution in [0.15, 0.2) is 15.9 Å². The molecule has 0 saturated heterocycles. The van der Waals surface area contributed by atoms with Gasteiger partial charge in [-0.1, -0.05) is 20.8 Å². The summed E-state index contributed by atoms with van der Waals surface area (Å²) in [5.41, 5.74) is 6.45. The number of rotatable bonds is 7. The maximum atomic E-state index is 6.45. The molecule has 108 valence electrons. The maximum absolute atomic E-state index is 6.45. The van der Waals surface area contributed by atoms with Crippen LogP contribution in [-0.4, -0.2) is 23.5 Å². The Balaban J connectivity index is 2.24. The average molecular weight is 345 g/mol. The van der Waals surface area contributed by atoms with Crippen LogP contribution in [0.4, 0.5) is 0 Å². The van der Waals surface area contributed by atoms with E-state index in [0.717, 1.165) is 19.0 Å². The Labute approximate surface area is 129 Å². The minimum atomic E-state index is 0.227. The molecule has 1 heterocycles. The lowest BCUT2D eigenvalue weighted by Gasteiger charge is -2.36. The first kappa shape index (κ1) is 15.5. The van der Waals surface area contributed by atoms with Gasteiger partial charge in [0.05, 0.1) is 9.83 Å². The Morgan fingerprint density at radius 1 is 1.42 bits per heavy atom. The molecule has 2 N–H and O–H groups in total. The van der Waals surface area contributed by atoms with Gasteiger partial charge >= 0.3 is 0 Å². The van der Waals surface area contributed by atoms with E-state index >= 15 is 0 Å². The van der Waals surface area contributed by atoms with Gasteiger partial charge in [-0.15, -0.1) is 11.3 Å². The topological polar surface area (TPSA) is 29.3 Å². The molecule has 0 aromatic carbocycles. The molecule has 1 aromatic heterocycles. The van der Waals surface area contributed by atoms with Crippen LogP contribution >= 0.6 is 27.3 Å². The molecule has 0 amide bonds. The molecule has 19 heavy (non-hydrogen) atoms. The molecule has 0 radical (unpaired) electrons. The van der Waals surface area contributed by atoms with Crippen molar-refractivity contribution in [2.75, 3.05) is 6.54 Å². The highest BCUT2D eigenvalue weighted by Gasteiger charge is 2.37. The molecular weight excluding hydrogens is 320 g/mol. The third kappa shape index (κ3) is 4.03. The third-order valence-electron chi connectivity index (χ3n) is 3.71. The molecule has 1 aromatic rings. The van der Waals surface area contributed by atoms with Gasteiger partial charge in [-0.2, -0.15) is 0 Å². The highest BCUT2D eigenvalue weighted by atomic mass is 79.9. The van der Waals surface area contributed by atoms with Gasteiger partial charge in [-0.25, -0.2) is 0 Å². The molecule has 2 unspecified atom stereocenters. The number of hydrogen-bond donors (Lipinski definition) is 1. The van der Waals surface area contributed by atoms with Crippen LogP contribution < -0.4 is 5.73 Å². The number of thiophene rings is 1. The van der Waals surface area contributed by atoms with Crippen LogP contribution in [0.1, 0.15) is 51.0 Å². The second-order valence-electron chi connectivity index (χ2n) is 5.98. The normalized spacial score (nSPS) is 19.1. The van der Waals surface area contributed by atoms with Crippen molar-refractivity contribution >= 4 is 27.3 Å². The zero-order valence-corrected chi connectivity index (χ0v) is 14.5. The second-order valence-corrected chi connectivity index (χ2v) is 8.48. The summed E-state index contributed by atoms with van der Waals surface area (Å²) in [6.45, 7) is 7.95. The predicted octanol–water partition coefficient (Wildman–Crippen LogP) is 4.41. The molecule has 1 aliphatic carbocycles. The maximum Gasteiger partial charge on any atom is 0.0702 e. The monoisotopic (exact) mass is 344 g/mol. The third-order valence-corrected chi connectivity index (χ3v) is 5.41. The first-order valence-electron chi connectivity index (χ1n) is 7.29. The summed E-state index contributed by atoms with van der Waals surface area (Å²) < 4.78 is 1.20. The first-order valence-corrected chi connectivity index (χ1v) is 8.90. The van der Waals surface area contributed by atoms with Crippen LogP contribution in [0.5, 0.6) is 0 Å². The van der Waals surface area contributed by atoms with Gasteiger partial charge < -0.3 is 5.73 Å². The van der Waals surface area contributed by atoms with Crippen molar-refractivity contribution in [3.63, 3.8) is 0 Å². The summed E-state index contributed by atoms with van der Waals surface area (Å²) in [5, 5.41) is 0. The lowest BCUT2D eigenvalue weighted by Crippen LogP contribution is -2.43. The summed E-state index contributed by atoms with van der Waals surface area (Å²) >= 11 is 5.42. The molecule has 1 fully saturated rings. The van der Waals surface area contributed by atoms with E-state index in [1.54, 1.807) is 0 Å². The van der Waals surface area contributed by atoms with E-state index in [1.807, 2.05) is 11.3 Å². The Morgan fingerprint density at radius 2 is 2.11 bits per heavy atom. The number of hydrogen-bond acceptors (Lipinski definition) is 3. The number of nitrogens with two attached hydrogens (primary N) is 1. The average Bonchev–Trinajstić information content (AvgIpc) is 3.11. The van der Waals surface area contributed by atoms with Crippen molar-refractivity contribution in [2.24, 2.45) is 11.7 Å². The van der Waals surface area contributed by atoms with E-state index in [0.29, 0.717) is 12.0 Å². The highest BCUT2D eigenvalue weighted by Crippen LogP contribution is 2.40. The molecule has 0 aliphatic heterocycles. The van der Waals surface area contributed by atoms with Crippen molar-refractivity contribution in [2.45, 2.75) is 58.2 Å². The van der Waals surface area contributed by atoms with Crippen LogP contribution in [0, 0.1) is 5.92 Å². The molecule has 2 nitrogen and oxygen atoms in total. The molecule has 2 atom stereocenters. The largest absolute Gasteiger partial charge is 0.326 e. The summed E-state index contributed by atoms with van der Waals surface area (Å²) in [7, 11) is 0.